The van der Waals surface area contributed by atoms with Crippen molar-refractivity contribution in [1.29, 1.82) is 0 Å². The van der Waals surface area contributed by atoms with Gasteiger partial charge in [-0.05, 0) is 35.2 Å². The van der Waals surface area contributed by atoms with E-state index in [1.165, 1.54) is 0 Å². The van der Waals surface area contributed by atoms with Gasteiger partial charge in [0.25, 0.3) is 0 Å². The number of halogens is 1. The minimum absolute atomic E-state index is 0.252. The van der Waals surface area contributed by atoms with E-state index >= 15 is 0 Å². The number of nitrogens with one attached hydrogen (secondary N) is 1. The molecule has 29 heavy (non-hydrogen) atoms. The molecule has 0 saturated carbocycles. The predicted octanol–water partition coefficient (Wildman–Crippen LogP) is 2.45. The van der Waals surface area contributed by atoms with Crippen LogP contribution in [0.15, 0.2) is 30.3 Å². The van der Waals surface area contributed by atoms with Crippen molar-refractivity contribution >= 4 is 17.3 Å². The molecule has 2 heterocycles. The van der Waals surface area contributed by atoms with E-state index < -0.39 is 24.4 Å². The molecule has 4 N–H and O–H groups in total. The summed E-state index contributed by atoms with van der Waals surface area (Å²) >= 11 is 6.67. The molecule has 2 aromatic carbocycles. The monoisotopic (exact) mass is 419 g/mol. The molecule has 0 radical (unpaired) electrons. The lowest BCUT2D eigenvalue weighted by Crippen LogP contribution is -2.47. The number of benzene rings is 2. The Kier molecular flexibility index (Phi) is 5.99. The normalized spacial score (nSPS) is 26.1. The molecule has 0 spiro atoms. The second kappa shape index (κ2) is 8.50. The maximum Gasteiger partial charge on any atom is 0.141 e. The van der Waals surface area contributed by atoms with E-state index in [2.05, 4.69) is 17.4 Å². The zero-order chi connectivity index (χ0) is 20.5. The van der Waals surface area contributed by atoms with Crippen molar-refractivity contribution in [3.63, 3.8) is 0 Å². The second-order valence-electron chi connectivity index (χ2n) is 7.61. The lowest BCUT2D eigenvalue weighted by Gasteiger charge is -2.37. The standard InChI is InChI=1S/C22H26ClNO5/c1-24-14-4-2-12(3-5-14)8-13-9-16(15-6-7-28-22(15)20(13)23)18-10-17(26)21(27)19(11-25)29-18/h2-5,9,17-19,21,24-27H,6-8,10-11H2,1H3/t17?,18?,19?,21-/m0/s1. The van der Waals surface area contributed by atoms with Crippen molar-refractivity contribution in [2.45, 2.75) is 43.7 Å². The molecule has 1 fully saturated rings. The van der Waals surface area contributed by atoms with Crippen LogP contribution in [0.4, 0.5) is 5.69 Å². The van der Waals surface area contributed by atoms with Crippen LogP contribution in [0.5, 0.6) is 5.75 Å². The van der Waals surface area contributed by atoms with Gasteiger partial charge in [-0.1, -0.05) is 29.8 Å². The van der Waals surface area contributed by atoms with Crippen LogP contribution < -0.4 is 10.1 Å². The van der Waals surface area contributed by atoms with Crippen LogP contribution >= 0.6 is 11.6 Å². The third kappa shape index (κ3) is 3.96. The van der Waals surface area contributed by atoms with Gasteiger partial charge in [0.05, 0.1) is 30.4 Å². The molecule has 4 rings (SSSR count). The van der Waals surface area contributed by atoms with Gasteiger partial charge in [0.2, 0.25) is 0 Å². The molecule has 4 atom stereocenters. The van der Waals surface area contributed by atoms with Crippen molar-refractivity contribution in [3.05, 3.63) is 57.6 Å². The van der Waals surface area contributed by atoms with E-state index in [0.717, 1.165) is 27.9 Å². The van der Waals surface area contributed by atoms with Crippen LogP contribution in [0.2, 0.25) is 5.02 Å². The molecule has 0 bridgehead atoms. The number of rotatable bonds is 5. The summed E-state index contributed by atoms with van der Waals surface area (Å²) in [6.07, 6.45) is -1.73. The van der Waals surface area contributed by atoms with Crippen LogP contribution in [0, 0.1) is 0 Å². The molecule has 2 aliphatic rings. The van der Waals surface area contributed by atoms with E-state index in [-0.39, 0.29) is 13.0 Å². The van der Waals surface area contributed by atoms with Crippen LogP contribution in [-0.4, -0.2) is 53.9 Å². The number of aliphatic hydroxyl groups excluding tert-OH is 3. The number of aliphatic hydroxyl groups is 3. The predicted molar refractivity (Wildman–Crippen MR) is 111 cm³/mol. The maximum atomic E-state index is 10.3. The fourth-order valence-electron chi connectivity index (χ4n) is 4.14. The Morgan fingerprint density at radius 2 is 1.97 bits per heavy atom. The highest BCUT2D eigenvalue weighted by molar-refractivity contribution is 6.33. The zero-order valence-electron chi connectivity index (χ0n) is 16.3. The number of ether oxygens (including phenoxy) is 2. The van der Waals surface area contributed by atoms with Crippen molar-refractivity contribution in [2.24, 2.45) is 0 Å². The summed E-state index contributed by atoms with van der Waals surface area (Å²) in [5.74, 6) is 0.677. The van der Waals surface area contributed by atoms with Crippen molar-refractivity contribution in [1.82, 2.24) is 0 Å². The number of fused-ring (bicyclic) bond motifs is 1. The lowest BCUT2D eigenvalue weighted by atomic mass is 9.89. The van der Waals surface area contributed by atoms with Crippen molar-refractivity contribution in [3.8, 4) is 5.75 Å². The SMILES string of the molecule is CNc1ccc(Cc2cc(C3CC(O)[C@H](O)C(CO)O3)c3c(c2Cl)OCC3)cc1. The summed E-state index contributed by atoms with van der Waals surface area (Å²) in [5.41, 5.74) is 4.96. The minimum atomic E-state index is -1.10. The lowest BCUT2D eigenvalue weighted by molar-refractivity contribution is -0.181. The quantitative estimate of drug-likeness (QED) is 0.595. The van der Waals surface area contributed by atoms with E-state index in [1.54, 1.807) is 0 Å². The highest BCUT2D eigenvalue weighted by Gasteiger charge is 2.39. The van der Waals surface area contributed by atoms with E-state index in [9.17, 15) is 15.3 Å². The van der Waals surface area contributed by atoms with Crippen LogP contribution in [-0.2, 0) is 17.6 Å². The highest BCUT2D eigenvalue weighted by Crippen LogP contribution is 2.44. The summed E-state index contributed by atoms with van der Waals surface area (Å²) in [6, 6.07) is 10.2. The van der Waals surface area contributed by atoms with Gasteiger partial charge < -0.3 is 30.1 Å². The highest BCUT2D eigenvalue weighted by atomic mass is 35.5. The summed E-state index contributed by atoms with van der Waals surface area (Å²) in [7, 11) is 1.88. The first kappa shape index (κ1) is 20.4. The van der Waals surface area contributed by atoms with Gasteiger partial charge in [-0.3, -0.25) is 0 Å². The van der Waals surface area contributed by atoms with Gasteiger partial charge in [0, 0.05) is 31.1 Å². The third-order valence-electron chi connectivity index (χ3n) is 5.77. The first-order chi connectivity index (χ1) is 14.0. The van der Waals surface area contributed by atoms with Crippen LogP contribution in [0.3, 0.4) is 0 Å². The van der Waals surface area contributed by atoms with Crippen LogP contribution in [0.1, 0.15) is 34.8 Å². The Balaban J connectivity index is 1.69. The Morgan fingerprint density at radius 1 is 1.21 bits per heavy atom. The average Bonchev–Trinajstić information content (AvgIpc) is 3.23. The van der Waals surface area contributed by atoms with Gasteiger partial charge in [-0.2, -0.15) is 0 Å². The van der Waals surface area contributed by atoms with Gasteiger partial charge in [0.1, 0.15) is 18.0 Å². The average molecular weight is 420 g/mol. The zero-order valence-corrected chi connectivity index (χ0v) is 17.0. The van der Waals surface area contributed by atoms with Crippen LogP contribution in [0.25, 0.3) is 0 Å². The summed E-state index contributed by atoms with van der Waals surface area (Å²) < 4.78 is 11.8. The molecular formula is C22H26ClNO5. The van der Waals surface area contributed by atoms with Gasteiger partial charge in [-0.25, -0.2) is 0 Å². The Labute approximate surface area is 175 Å². The molecule has 0 aliphatic carbocycles. The first-order valence-corrected chi connectivity index (χ1v) is 10.3. The van der Waals surface area contributed by atoms with Gasteiger partial charge >= 0.3 is 0 Å². The molecule has 7 heteroatoms. The number of hydrogen-bond acceptors (Lipinski definition) is 6. The third-order valence-corrected chi connectivity index (χ3v) is 6.18. The summed E-state index contributed by atoms with van der Waals surface area (Å²) in [5, 5.41) is 33.5. The van der Waals surface area contributed by atoms with E-state index in [0.29, 0.717) is 30.2 Å². The fourth-order valence-corrected chi connectivity index (χ4v) is 4.43. The Hall–Kier alpha value is -1.83. The van der Waals surface area contributed by atoms with Gasteiger partial charge in [0.15, 0.2) is 0 Å². The van der Waals surface area contributed by atoms with Crippen molar-refractivity contribution < 1.29 is 24.8 Å². The maximum absolute atomic E-state index is 10.3. The molecular weight excluding hydrogens is 394 g/mol. The molecule has 0 aromatic heterocycles. The molecule has 1 saturated heterocycles. The summed E-state index contributed by atoms with van der Waals surface area (Å²) in [6.45, 7) is 0.190. The molecule has 2 aliphatic heterocycles. The minimum Gasteiger partial charge on any atom is -0.491 e. The Morgan fingerprint density at radius 3 is 2.66 bits per heavy atom. The number of anilines is 1. The largest absolute Gasteiger partial charge is 0.491 e. The molecule has 6 nitrogen and oxygen atoms in total. The smallest absolute Gasteiger partial charge is 0.141 e. The van der Waals surface area contributed by atoms with Gasteiger partial charge in [-0.15, -0.1) is 0 Å². The van der Waals surface area contributed by atoms with E-state index in [1.807, 2.05) is 25.2 Å². The molecule has 0 amide bonds. The van der Waals surface area contributed by atoms with E-state index in [4.69, 9.17) is 21.1 Å². The summed E-state index contributed by atoms with van der Waals surface area (Å²) in [4.78, 5) is 0. The molecule has 3 unspecified atom stereocenters. The molecule has 2 aromatic rings. The van der Waals surface area contributed by atoms with Crippen molar-refractivity contribution in [2.75, 3.05) is 25.6 Å². The molecule has 156 valence electrons. The fraction of sp³-hybridized carbons (Fsp3) is 0.455. The Bertz CT molecular complexity index is 872. The topological polar surface area (TPSA) is 91.2 Å². The first-order valence-electron chi connectivity index (χ1n) is 9.88. The second-order valence-corrected chi connectivity index (χ2v) is 7.99. The number of hydrogen-bond donors (Lipinski definition) is 4.